The number of benzene rings is 2. The molecule has 3 rings (SSSR count). The molecule has 0 fully saturated rings. The standard InChI is InChI=1S/C20H21N3O2/c1-16(25-19-10-6-3-7-11-19)20(24)21-12-13-23-15-18(14-22-23)17-8-4-2-5-9-17/h2-11,14-16H,12-13H2,1H3,(H,21,24)/t16-/m1/s1. The number of ether oxygens (including phenoxy) is 1. The minimum atomic E-state index is -0.542. The Morgan fingerprint density at radius 2 is 1.76 bits per heavy atom. The van der Waals surface area contributed by atoms with E-state index in [0.29, 0.717) is 18.8 Å². The van der Waals surface area contributed by atoms with Gasteiger partial charge in [0.2, 0.25) is 0 Å². The molecule has 0 saturated carbocycles. The van der Waals surface area contributed by atoms with Gasteiger partial charge < -0.3 is 10.1 Å². The molecule has 1 atom stereocenters. The van der Waals surface area contributed by atoms with Gasteiger partial charge >= 0.3 is 0 Å². The number of nitrogens with one attached hydrogen (secondary N) is 1. The van der Waals surface area contributed by atoms with Crippen LogP contribution in [0.2, 0.25) is 0 Å². The lowest BCUT2D eigenvalue weighted by Crippen LogP contribution is -2.37. The van der Waals surface area contributed by atoms with Crippen molar-refractivity contribution in [3.05, 3.63) is 73.1 Å². The van der Waals surface area contributed by atoms with Crippen molar-refractivity contribution in [3.8, 4) is 16.9 Å². The first-order valence-electron chi connectivity index (χ1n) is 8.29. The van der Waals surface area contributed by atoms with Crippen LogP contribution in [0, 0.1) is 0 Å². The van der Waals surface area contributed by atoms with Crippen LogP contribution in [-0.2, 0) is 11.3 Å². The molecule has 0 radical (unpaired) electrons. The Balaban J connectivity index is 1.46. The molecule has 0 aliphatic carbocycles. The topological polar surface area (TPSA) is 56.1 Å². The number of hydrogen-bond acceptors (Lipinski definition) is 3. The lowest BCUT2D eigenvalue weighted by molar-refractivity contribution is -0.127. The van der Waals surface area contributed by atoms with Gasteiger partial charge in [0.05, 0.1) is 12.7 Å². The molecule has 1 amide bonds. The number of carbonyl (C=O) groups excluding carboxylic acids is 1. The van der Waals surface area contributed by atoms with Crippen LogP contribution in [0.5, 0.6) is 5.75 Å². The molecule has 0 aliphatic heterocycles. The third-order valence-electron chi connectivity index (χ3n) is 3.81. The van der Waals surface area contributed by atoms with Gasteiger partial charge in [-0.05, 0) is 24.6 Å². The van der Waals surface area contributed by atoms with Crippen molar-refractivity contribution in [3.63, 3.8) is 0 Å². The van der Waals surface area contributed by atoms with Gasteiger partial charge in [-0.25, -0.2) is 0 Å². The molecule has 25 heavy (non-hydrogen) atoms. The summed E-state index contributed by atoms with van der Waals surface area (Å²) in [6, 6.07) is 19.4. The van der Waals surface area contributed by atoms with Crippen molar-refractivity contribution < 1.29 is 9.53 Å². The summed E-state index contributed by atoms with van der Waals surface area (Å²) in [6.07, 6.45) is 3.27. The summed E-state index contributed by atoms with van der Waals surface area (Å²) in [6.45, 7) is 2.84. The Hall–Kier alpha value is -3.08. The van der Waals surface area contributed by atoms with Crippen molar-refractivity contribution in [1.82, 2.24) is 15.1 Å². The number of carbonyl (C=O) groups is 1. The highest BCUT2D eigenvalue weighted by molar-refractivity contribution is 5.80. The van der Waals surface area contributed by atoms with Gasteiger partial charge in [-0.1, -0.05) is 48.5 Å². The third-order valence-corrected chi connectivity index (χ3v) is 3.81. The monoisotopic (exact) mass is 335 g/mol. The van der Waals surface area contributed by atoms with Crippen LogP contribution in [0.1, 0.15) is 6.92 Å². The molecule has 128 valence electrons. The maximum Gasteiger partial charge on any atom is 0.260 e. The Morgan fingerprint density at radius 3 is 2.48 bits per heavy atom. The van der Waals surface area contributed by atoms with Crippen molar-refractivity contribution in [2.45, 2.75) is 19.6 Å². The first kappa shape index (κ1) is 16.8. The van der Waals surface area contributed by atoms with Crippen LogP contribution in [0.3, 0.4) is 0 Å². The second-order valence-electron chi connectivity index (χ2n) is 5.72. The summed E-state index contributed by atoms with van der Waals surface area (Å²) in [5.41, 5.74) is 2.19. The van der Waals surface area contributed by atoms with Crippen LogP contribution >= 0.6 is 0 Å². The number of nitrogens with zero attached hydrogens (tertiary/aromatic N) is 2. The summed E-state index contributed by atoms with van der Waals surface area (Å²) in [4.78, 5) is 12.1. The predicted molar refractivity (Wildman–Crippen MR) is 97.2 cm³/mol. The van der Waals surface area contributed by atoms with E-state index in [1.54, 1.807) is 6.92 Å². The van der Waals surface area contributed by atoms with Crippen LogP contribution in [0.15, 0.2) is 73.1 Å². The first-order valence-corrected chi connectivity index (χ1v) is 8.29. The number of hydrogen-bond donors (Lipinski definition) is 1. The summed E-state index contributed by atoms with van der Waals surface area (Å²) >= 11 is 0. The van der Waals surface area contributed by atoms with Gasteiger partial charge in [-0.3, -0.25) is 9.48 Å². The molecule has 0 spiro atoms. The lowest BCUT2D eigenvalue weighted by Gasteiger charge is -2.14. The number of aromatic nitrogens is 2. The SMILES string of the molecule is C[C@@H](Oc1ccccc1)C(=O)NCCn1cc(-c2ccccc2)cn1. The number of rotatable bonds is 7. The third kappa shape index (κ3) is 4.70. The van der Waals surface area contributed by atoms with Crippen molar-refractivity contribution >= 4 is 5.91 Å². The molecule has 5 heteroatoms. The Kier molecular flexibility index (Phi) is 5.46. The predicted octanol–water partition coefficient (Wildman–Crippen LogP) is 3.13. The largest absolute Gasteiger partial charge is 0.481 e. The maximum atomic E-state index is 12.1. The van der Waals surface area contributed by atoms with E-state index in [1.165, 1.54) is 0 Å². The van der Waals surface area contributed by atoms with E-state index >= 15 is 0 Å². The van der Waals surface area contributed by atoms with Crippen molar-refractivity contribution in [1.29, 1.82) is 0 Å². The Bertz CT molecular complexity index is 800. The highest BCUT2D eigenvalue weighted by Crippen LogP contribution is 2.17. The second-order valence-corrected chi connectivity index (χ2v) is 5.72. The van der Waals surface area contributed by atoms with Crippen LogP contribution in [0.25, 0.3) is 11.1 Å². The quantitative estimate of drug-likeness (QED) is 0.722. The number of amides is 1. The zero-order chi connectivity index (χ0) is 17.5. The molecular weight excluding hydrogens is 314 g/mol. The lowest BCUT2D eigenvalue weighted by atomic mass is 10.1. The highest BCUT2D eigenvalue weighted by Gasteiger charge is 2.13. The van der Waals surface area contributed by atoms with E-state index in [1.807, 2.05) is 77.7 Å². The molecule has 3 aromatic rings. The fraction of sp³-hybridized carbons (Fsp3) is 0.200. The van der Waals surface area contributed by atoms with E-state index in [4.69, 9.17) is 4.74 Å². The Labute approximate surface area is 147 Å². The zero-order valence-corrected chi connectivity index (χ0v) is 14.1. The van der Waals surface area contributed by atoms with E-state index in [0.717, 1.165) is 11.1 Å². The summed E-state index contributed by atoms with van der Waals surface area (Å²) < 4.78 is 7.43. The van der Waals surface area contributed by atoms with Gasteiger partial charge in [0, 0.05) is 18.3 Å². The highest BCUT2D eigenvalue weighted by atomic mass is 16.5. The van der Waals surface area contributed by atoms with Crippen molar-refractivity contribution in [2.75, 3.05) is 6.54 Å². The average molecular weight is 335 g/mol. The van der Waals surface area contributed by atoms with Gasteiger partial charge in [0.15, 0.2) is 6.10 Å². The fourth-order valence-electron chi connectivity index (χ4n) is 2.46. The molecular formula is C20H21N3O2. The summed E-state index contributed by atoms with van der Waals surface area (Å²) in [7, 11) is 0. The second kappa shape index (κ2) is 8.15. The molecule has 1 heterocycles. The minimum absolute atomic E-state index is 0.140. The van der Waals surface area contributed by atoms with Crippen LogP contribution in [-0.4, -0.2) is 28.3 Å². The molecule has 2 aromatic carbocycles. The van der Waals surface area contributed by atoms with E-state index in [-0.39, 0.29) is 5.91 Å². The average Bonchev–Trinajstić information content (AvgIpc) is 3.12. The summed E-state index contributed by atoms with van der Waals surface area (Å²) in [5.74, 6) is 0.545. The Morgan fingerprint density at radius 1 is 1.08 bits per heavy atom. The smallest absolute Gasteiger partial charge is 0.260 e. The molecule has 0 aliphatic rings. The van der Waals surface area contributed by atoms with E-state index in [9.17, 15) is 4.79 Å². The van der Waals surface area contributed by atoms with Crippen LogP contribution < -0.4 is 10.1 Å². The molecule has 1 aromatic heterocycles. The fourth-order valence-corrected chi connectivity index (χ4v) is 2.46. The van der Waals surface area contributed by atoms with Crippen LogP contribution in [0.4, 0.5) is 0 Å². The van der Waals surface area contributed by atoms with Gasteiger partial charge in [-0.15, -0.1) is 0 Å². The molecule has 0 saturated heterocycles. The van der Waals surface area contributed by atoms with Gasteiger partial charge in [0.1, 0.15) is 5.75 Å². The van der Waals surface area contributed by atoms with E-state index < -0.39 is 6.10 Å². The van der Waals surface area contributed by atoms with Gasteiger partial charge in [-0.2, -0.15) is 5.10 Å². The molecule has 5 nitrogen and oxygen atoms in total. The van der Waals surface area contributed by atoms with E-state index in [2.05, 4.69) is 10.4 Å². The molecule has 0 unspecified atom stereocenters. The minimum Gasteiger partial charge on any atom is -0.481 e. The zero-order valence-electron chi connectivity index (χ0n) is 14.1. The maximum absolute atomic E-state index is 12.1. The number of para-hydroxylation sites is 1. The normalized spacial score (nSPS) is 11.7. The molecule has 1 N–H and O–H groups in total. The first-order chi connectivity index (χ1) is 12.2. The molecule has 0 bridgehead atoms. The van der Waals surface area contributed by atoms with Gasteiger partial charge in [0.25, 0.3) is 5.91 Å². The van der Waals surface area contributed by atoms with Crippen molar-refractivity contribution in [2.24, 2.45) is 0 Å². The summed E-state index contributed by atoms with van der Waals surface area (Å²) in [5, 5.41) is 7.21.